The zero-order valence-electron chi connectivity index (χ0n) is 22.8. The fourth-order valence-corrected chi connectivity index (χ4v) is 5.67. The number of nitro groups is 1. The predicted molar refractivity (Wildman–Crippen MR) is 148 cm³/mol. The maximum Gasteiger partial charge on any atom is 0.272 e. The number of aryl methyl sites for hydroxylation is 1. The standard InChI is InChI=1S/C27H33N5O7S/c1-5-18(3)30-40(36,37)24-15-21(32(34)35)12-13-23(24)39-27-19(4)25(26(33)28-16-22-7-6-14-38-22)29-31(27)20-10-8-17(2)9-11-20/h8-13,15,18,22,30H,5-7,14,16H2,1-4H3,(H,28,33). The number of nitrogens with one attached hydrogen (secondary N) is 2. The Kier molecular flexibility index (Phi) is 8.86. The molecule has 1 aromatic heterocycles. The van der Waals surface area contributed by atoms with Gasteiger partial charge in [-0.15, -0.1) is 0 Å². The van der Waals surface area contributed by atoms with Gasteiger partial charge in [-0.3, -0.25) is 14.9 Å². The normalized spacial score (nSPS) is 16.1. The van der Waals surface area contributed by atoms with Crippen LogP contribution in [0.2, 0.25) is 0 Å². The molecule has 2 N–H and O–H groups in total. The number of nitrogens with zero attached hydrogens (tertiary/aromatic N) is 3. The average molecular weight is 572 g/mol. The number of ether oxygens (including phenoxy) is 2. The minimum absolute atomic E-state index is 0.0648. The topological polar surface area (TPSA) is 155 Å². The Morgan fingerprint density at radius 2 is 1.98 bits per heavy atom. The Morgan fingerprint density at radius 1 is 1.25 bits per heavy atom. The van der Waals surface area contributed by atoms with Crippen LogP contribution >= 0.6 is 0 Å². The number of carbonyl (C=O) groups excluding carboxylic acids is 1. The highest BCUT2D eigenvalue weighted by Gasteiger charge is 2.29. The second-order valence-electron chi connectivity index (χ2n) is 9.79. The Bertz CT molecular complexity index is 1500. The summed E-state index contributed by atoms with van der Waals surface area (Å²) in [6, 6.07) is 10.2. The van der Waals surface area contributed by atoms with Crippen LogP contribution in [0.5, 0.6) is 11.6 Å². The van der Waals surface area contributed by atoms with Gasteiger partial charge in [0.25, 0.3) is 11.6 Å². The number of hydrogen-bond donors (Lipinski definition) is 2. The van der Waals surface area contributed by atoms with Crippen molar-refractivity contribution in [2.45, 2.75) is 64.0 Å². The van der Waals surface area contributed by atoms with E-state index in [0.29, 0.717) is 30.8 Å². The van der Waals surface area contributed by atoms with Gasteiger partial charge in [-0.2, -0.15) is 9.78 Å². The molecule has 0 bridgehead atoms. The number of hydrogen-bond acceptors (Lipinski definition) is 8. The van der Waals surface area contributed by atoms with E-state index >= 15 is 0 Å². The molecule has 3 aromatic rings. The highest BCUT2D eigenvalue weighted by atomic mass is 32.2. The first-order valence-corrected chi connectivity index (χ1v) is 14.5. The Hall–Kier alpha value is -3.81. The van der Waals surface area contributed by atoms with Gasteiger partial charge in [-0.05, 0) is 58.2 Å². The summed E-state index contributed by atoms with van der Waals surface area (Å²) in [5, 5.41) is 18.8. The highest BCUT2D eigenvalue weighted by molar-refractivity contribution is 7.89. The van der Waals surface area contributed by atoms with Crippen LogP contribution in [0.25, 0.3) is 5.69 Å². The van der Waals surface area contributed by atoms with Gasteiger partial charge < -0.3 is 14.8 Å². The molecule has 2 aromatic carbocycles. The van der Waals surface area contributed by atoms with Gasteiger partial charge >= 0.3 is 0 Å². The number of amides is 1. The van der Waals surface area contributed by atoms with Crippen LogP contribution in [0.4, 0.5) is 5.69 Å². The van der Waals surface area contributed by atoms with E-state index in [9.17, 15) is 23.3 Å². The number of rotatable bonds is 11. The van der Waals surface area contributed by atoms with Crippen molar-refractivity contribution < 1.29 is 27.6 Å². The number of sulfonamides is 1. The van der Waals surface area contributed by atoms with E-state index in [0.717, 1.165) is 30.5 Å². The zero-order valence-corrected chi connectivity index (χ0v) is 23.7. The molecule has 1 amide bonds. The van der Waals surface area contributed by atoms with E-state index < -0.39 is 37.5 Å². The molecule has 1 aliphatic heterocycles. The van der Waals surface area contributed by atoms with Crippen LogP contribution in [0.15, 0.2) is 47.4 Å². The first-order chi connectivity index (χ1) is 19.0. The van der Waals surface area contributed by atoms with E-state index in [4.69, 9.17) is 9.47 Å². The molecular formula is C27H33N5O7S. The van der Waals surface area contributed by atoms with Crippen LogP contribution in [0.1, 0.15) is 54.7 Å². The summed E-state index contributed by atoms with van der Waals surface area (Å²) in [5.74, 6) is -0.484. The maximum absolute atomic E-state index is 13.3. The molecule has 0 aliphatic carbocycles. The fourth-order valence-electron chi connectivity index (χ4n) is 4.19. The lowest BCUT2D eigenvalue weighted by Gasteiger charge is -2.16. The van der Waals surface area contributed by atoms with Crippen molar-refractivity contribution in [1.29, 1.82) is 0 Å². The van der Waals surface area contributed by atoms with Crippen molar-refractivity contribution in [2.75, 3.05) is 13.2 Å². The molecule has 4 rings (SSSR count). The van der Waals surface area contributed by atoms with Crippen molar-refractivity contribution in [2.24, 2.45) is 0 Å². The quantitative estimate of drug-likeness (QED) is 0.257. The van der Waals surface area contributed by atoms with Crippen molar-refractivity contribution in [3.05, 3.63) is 69.4 Å². The van der Waals surface area contributed by atoms with Crippen LogP contribution in [0.3, 0.4) is 0 Å². The molecule has 0 radical (unpaired) electrons. The molecule has 1 saturated heterocycles. The van der Waals surface area contributed by atoms with Gasteiger partial charge in [0.2, 0.25) is 15.9 Å². The summed E-state index contributed by atoms with van der Waals surface area (Å²) in [4.78, 5) is 23.5. The van der Waals surface area contributed by atoms with Gasteiger partial charge in [0.1, 0.15) is 10.6 Å². The van der Waals surface area contributed by atoms with E-state index in [-0.39, 0.29) is 23.4 Å². The Balaban J connectivity index is 1.78. The molecule has 40 heavy (non-hydrogen) atoms. The van der Waals surface area contributed by atoms with E-state index in [2.05, 4.69) is 15.1 Å². The molecule has 2 atom stereocenters. The van der Waals surface area contributed by atoms with Crippen LogP contribution < -0.4 is 14.8 Å². The third kappa shape index (κ3) is 6.49. The van der Waals surface area contributed by atoms with Gasteiger partial charge in [-0.1, -0.05) is 24.6 Å². The second kappa shape index (κ2) is 12.1. The predicted octanol–water partition coefficient (Wildman–Crippen LogP) is 4.18. The summed E-state index contributed by atoms with van der Waals surface area (Å²) in [5.41, 5.74) is 1.63. The Labute approximate surface area is 232 Å². The number of non-ortho nitro benzene ring substituents is 1. The largest absolute Gasteiger partial charge is 0.437 e. The van der Waals surface area contributed by atoms with Crippen LogP contribution in [-0.4, -0.2) is 54.3 Å². The highest BCUT2D eigenvalue weighted by Crippen LogP contribution is 2.36. The molecule has 1 fully saturated rings. The van der Waals surface area contributed by atoms with Crippen molar-refractivity contribution in [3.8, 4) is 17.3 Å². The number of carbonyl (C=O) groups is 1. The summed E-state index contributed by atoms with van der Waals surface area (Å²) < 4.78 is 42.2. The fraction of sp³-hybridized carbons (Fsp3) is 0.407. The smallest absolute Gasteiger partial charge is 0.272 e. The minimum Gasteiger partial charge on any atom is -0.437 e. The third-order valence-electron chi connectivity index (χ3n) is 6.68. The van der Waals surface area contributed by atoms with Crippen molar-refractivity contribution in [1.82, 2.24) is 19.8 Å². The summed E-state index contributed by atoms with van der Waals surface area (Å²) in [6.07, 6.45) is 2.23. The molecule has 13 heteroatoms. The summed E-state index contributed by atoms with van der Waals surface area (Å²) in [6.45, 7) is 8.06. The maximum atomic E-state index is 13.3. The first-order valence-electron chi connectivity index (χ1n) is 13.0. The molecule has 2 unspecified atom stereocenters. The number of aromatic nitrogens is 2. The van der Waals surface area contributed by atoms with Gasteiger partial charge in [0.05, 0.1) is 16.7 Å². The van der Waals surface area contributed by atoms with Crippen LogP contribution in [-0.2, 0) is 14.8 Å². The van der Waals surface area contributed by atoms with Crippen molar-refractivity contribution >= 4 is 21.6 Å². The number of benzene rings is 2. The first kappa shape index (κ1) is 29.2. The SMILES string of the molecule is CCC(C)NS(=O)(=O)c1cc([N+](=O)[O-])ccc1Oc1c(C)c(C(=O)NCC2CCCO2)nn1-c1ccc(C)cc1. The second-order valence-corrected chi connectivity index (χ2v) is 11.5. The monoisotopic (exact) mass is 571 g/mol. The minimum atomic E-state index is -4.20. The Morgan fingerprint density at radius 3 is 2.60 bits per heavy atom. The molecule has 2 heterocycles. The summed E-state index contributed by atoms with van der Waals surface area (Å²) >= 11 is 0. The third-order valence-corrected chi connectivity index (χ3v) is 8.29. The molecule has 214 valence electrons. The molecule has 0 saturated carbocycles. The lowest BCUT2D eigenvalue weighted by molar-refractivity contribution is -0.385. The van der Waals surface area contributed by atoms with Gasteiger partial charge in [0.15, 0.2) is 5.69 Å². The van der Waals surface area contributed by atoms with Crippen LogP contribution in [0, 0.1) is 24.0 Å². The van der Waals surface area contributed by atoms with Gasteiger partial charge in [0, 0.05) is 36.9 Å². The van der Waals surface area contributed by atoms with E-state index in [1.54, 1.807) is 26.0 Å². The lowest BCUT2D eigenvalue weighted by Crippen LogP contribution is -2.32. The number of nitro benzene ring substituents is 1. The zero-order chi connectivity index (χ0) is 29.0. The van der Waals surface area contributed by atoms with E-state index in [1.165, 1.54) is 10.7 Å². The molecule has 12 nitrogen and oxygen atoms in total. The lowest BCUT2D eigenvalue weighted by atomic mass is 10.2. The van der Waals surface area contributed by atoms with Gasteiger partial charge in [-0.25, -0.2) is 13.1 Å². The summed E-state index contributed by atoms with van der Waals surface area (Å²) in [7, 11) is -4.20. The molecular weight excluding hydrogens is 538 g/mol. The molecule has 0 spiro atoms. The van der Waals surface area contributed by atoms with Crippen molar-refractivity contribution in [3.63, 3.8) is 0 Å². The molecule has 1 aliphatic rings. The van der Waals surface area contributed by atoms with E-state index in [1.807, 2.05) is 26.0 Å². The average Bonchev–Trinajstić information content (AvgIpc) is 3.56.